The quantitative estimate of drug-likeness (QED) is 0.616. The molecule has 2 aliphatic heterocycles. The predicted molar refractivity (Wildman–Crippen MR) is 55.1 cm³/mol. The molecule has 1 atom stereocenters. The molecule has 0 bridgehead atoms. The number of piperidine rings is 1. The number of hydrogen-bond acceptors (Lipinski definition) is 3. The molecule has 1 N–H and O–H groups in total. The van der Waals surface area contributed by atoms with Crippen molar-refractivity contribution in [1.82, 2.24) is 15.1 Å². The fourth-order valence-corrected chi connectivity index (χ4v) is 2.24. The van der Waals surface area contributed by atoms with Crippen LogP contribution in [-0.4, -0.2) is 61.5 Å². The van der Waals surface area contributed by atoms with Crippen molar-refractivity contribution in [3.63, 3.8) is 0 Å². The van der Waals surface area contributed by atoms with Gasteiger partial charge in [0, 0.05) is 32.7 Å². The first-order chi connectivity index (χ1) is 6.77. The van der Waals surface area contributed by atoms with E-state index in [9.17, 15) is 4.79 Å². The highest BCUT2D eigenvalue weighted by Crippen LogP contribution is 2.13. The van der Waals surface area contributed by atoms with Crippen LogP contribution in [0.4, 0.5) is 0 Å². The lowest BCUT2D eigenvalue weighted by Gasteiger charge is -2.38. The third kappa shape index (κ3) is 2.07. The molecule has 0 aromatic heterocycles. The van der Waals surface area contributed by atoms with Crippen LogP contribution in [0.15, 0.2) is 0 Å². The van der Waals surface area contributed by atoms with E-state index in [-0.39, 0.29) is 11.9 Å². The van der Waals surface area contributed by atoms with Gasteiger partial charge >= 0.3 is 0 Å². The van der Waals surface area contributed by atoms with Crippen molar-refractivity contribution < 1.29 is 4.79 Å². The van der Waals surface area contributed by atoms with Crippen molar-refractivity contribution in [1.29, 1.82) is 0 Å². The van der Waals surface area contributed by atoms with Gasteiger partial charge in [0.15, 0.2) is 0 Å². The maximum absolute atomic E-state index is 11.6. The minimum atomic E-state index is 0.150. The van der Waals surface area contributed by atoms with Crippen molar-refractivity contribution >= 4 is 5.91 Å². The van der Waals surface area contributed by atoms with E-state index in [1.807, 2.05) is 0 Å². The molecule has 0 aliphatic carbocycles. The number of amides is 1. The summed E-state index contributed by atoms with van der Waals surface area (Å²) < 4.78 is 0. The summed E-state index contributed by atoms with van der Waals surface area (Å²) in [6.07, 6.45) is 2.16. The van der Waals surface area contributed by atoms with Gasteiger partial charge in [-0.15, -0.1) is 0 Å². The minimum absolute atomic E-state index is 0.150. The van der Waals surface area contributed by atoms with E-state index < -0.39 is 0 Å². The molecule has 2 saturated heterocycles. The average Bonchev–Trinajstić information content (AvgIpc) is 2.20. The van der Waals surface area contributed by atoms with Crippen molar-refractivity contribution in [3.8, 4) is 0 Å². The molecule has 2 fully saturated rings. The second-order valence-corrected chi connectivity index (χ2v) is 4.29. The Morgan fingerprint density at radius 3 is 2.64 bits per heavy atom. The third-order valence-electron chi connectivity index (χ3n) is 3.23. The first kappa shape index (κ1) is 9.93. The molecule has 0 saturated carbocycles. The average molecular weight is 197 g/mol. The zero-order valence-corrected chi connectivity index (χ0v) is 8.83. The number of rotatable bonds is 1. The Balaban J connectivity index is 1.90. The summed E-state index contributed by atoms with van der Waals surface area (Å²) in [5, 5.41) is 2.95. The molecule has 2 heterocycles. The summed E-state index contributed by atoms with van der Waals surface area (Å²) in [5.74, 6) is 0.237. The van der Waals surface area contributed by atoms with Gasteiger partial charge in [-0.1, -0.05) is 0 Å². The molecule has 2 rings (SSSR count). The number of carbonyl (C=O) groups excluding carboxylic acids is 1. The van der Waals surface area contributed by atoms with Crippen molar-refractivity contribution in [2.75, 3.05) is 39.8 Å². The highest BCUT2D eigenvalue weighted by Gasteiger charge is 2.29. The molecule has 4 heteroatoms. The van der Waals surface area contributed by atoms with Crippen molar-refractivity contribution in [2.24, 2.45) is 0 Å². The summed E-state index contributed by atoms with van der Waals surface area (Å²) in [7, 11) is 2.14. The van der Waals surface area contributed by atoms with Gasteiger partial charge < -0.3 is 10.2 Å². The molecule has 14 heavy (non-hydrogen) atoms. The molecule has 1 amide bonds. The molecule has 80 valence electrons. The monoisotopic (exact) mass is 197 g/mol. The van der Waals surface area contributed by atoms with Crippen LogP contribution in [0, 0.1) is 0 Å². The second kappa shape index (κ2) is 4.28. The van der Waals surface area contributed by atoms with Gasteiger partial charge in [-0.2, -0.15) is 0 Å². The molecule has 0 aromatic carbocycles. The summed E-state index contributed by atoms with van der Waals surface area (Å²) in [5.41, 5.74) is 0. The second-order valence-electron chi connectivity index (χ2n) is 4.29. The number of likely N-dealkylation sites (N-methyl/N-ethyl adjacent to an activating group) is 1. The molecule has 4 nitrogen and oxygen atoms in total. The number of nitrogens with zero attached hydrogens (tertiary/aromatic N) is 2. The summed E-state index contributed by atoms with van der Waals surface area (Å²) in [6, 6.07) is 0.150. The summed E-state index contributed by atoms with van der Waals surface area (Å²) in [4.78, 5) is 16.3. The van der Waals surface area contributed by atoms with Crippen LogP contribution in [0.2, 0.25) is 0 Å². The van der Waals surface area contributed by atoms with Gasteiger partial charge in [-0.05, 0) is 19.9 Å². The van der Waals surface area contributed by atoms with Crippen molar-refractivity contribution in [3.05, 3.63) is 0 Å². The van der Waals surface area contributed by atoms with Gasteiger partial charge in [0.25, 0.3) is 0 Å². The Morgan fingerprint density at radius 2 is 2.00 bits per heavy atom. The smallest absolute Gasteiger partial charge is 0.237 e. The fraction of sp³-hybridized carbons (Fsp3) is 0.900. The van der Waals surface area contributed by atoms with E-state index >= 15 is 0 Å². The maximum Gasteiger partial charge on any atom is 0.237 e. The standard InChI is InChI=1S/C10H19N3O/c1-12-5-7-13(8-6-12)9-3-2-4-11-10(9)14/h9H,2-8H2,1H3,(H,11,14)/t9-/m0/s1. The lowest BCUT2D eigenvalue weighted by molar-refractivity contribution is -0.128. The summed E-state index contributed by atoms with van der Waals surface area (Å²) >= 11 is 0. The Labute approximate surface area is 85.2 Å². The zero-order valence-electron chi connectivity index (χ0n) is 8.83. The Kier molecular flexibility index (Phi) is 3.03. The summed E-state index contributed by atoms with van der Waals surface area (Å²) in [6.45, 7) is 5.11. The highest BCUT2D eigenvalue weighted by atomic mass is 16.2. The van der Waals surface area contributed by atoms with Gasteiger partial charge in [-0.25, -0.2) is 0 Å². The number of carbonyl (C=O) groups is 1. The minimum Gasteiger partial charge on any atom is -0.355 e. The predicted octanol–water partition coefficient (Wildman–Crippen LogP) is -0.488. The van der Waals surface area contributed by atoms with Crippen LogP contribution in [0.25, 0.3) is 0 Å². The zero-order chi connectivity index (χ0) is 9.97. The SMILES string of the molecule is CN1CCN([C@H]2CCCNC2=O)CC1. The van der Waals surface area contributed by atoms with Crippen LogP contribution in [-0.2, 0) is 4.79 Å². The fourth-order valence-electron chi connectivity index (χ4n) is 2.24. The van der Waals surface area contributed by atoms with E-state index in [1.165, 1.54) is 0 Å². The van der Waals surface area contributed by atoms with E-state index in [4.69, 9.17) is 0 Å². The van der Waals surface area contributed by atoms with E-state index in [2.05, 4.69) is 22.2 Å². The molecule has 0 spiro atoms. The topological polar surface area (TPSA) is 35.6 Å². The Bertz CT molecular complexity index is 211. The number of hydrogen-bond donors (Lipinski definition) is 1. The van der Waals surface area contributed by atoms with Gasteiger partial charge in [0.1, 0.15) is 0 Å². The molecular formula is C10H19N3O. The Morgan fingerprint density at radius 1 is 1.29 bits per heavy atom. The maximum atomic E-state index is 11.6. The first-order valence-electron chi connectivity index (χ1n) is 5.47. The van der Waals surface area contributed by atoms with Crippen LogP contribution in [0.5, 0.6) is 0 Å². The molecular weight excluding hydrogens is 178 g/mol. The Hall–Kier alpha value is -0.610. The highest BCUT2D eigenvalue weighted by molar-refractivity contribution is 5.82. The normalized spacial score (nSPS) is 31.5. The van der Waals surface area contributed by atoms with Crippen LogP contribution in [0.1, 0.15) is 12.8 Å². The van der Waals surface area contributed by atoms with Crippen LogP contribution < -0.4 is 5.32 Å². The van der Waals surface area contributed by atoms with Crippen molar-refractivity contribution in [2.45, 2.75) is 18.9 Å². The third-order valence-corrected chi connectivity index (χ3v) is 3.23. The van der Waals surface area contributed by atoms with E-state index in [1.54, 1.807) is 0 Å². The van der Waals surface area contributed by atoms with Gasteiger partial charge in [0.2, 0.25) is 5.91 Å². The molecule has 0 aromatic rings. The molecule has 2 aliphatic rings. The van der Waals surface area contributed by atoms with E-state index in [0.29, 0.717) is 0 Å². The largest absolute Gasteiger partial charge is 0.355 e. The van der Waals surface area contributed by atoms with Crippen LogP contribution >= 0.6 is 0 Å². The first-order valence-corrected chi connectivity index (χ1v) is 5.47. The van der Waals surface area contributed by atoms with Gasteiger partial charge in [-0.3, -0.25) is 9.69 Å². The van der Waals surface area contributed by atoms with E-state index in [0.717, 1.165) is 45.6 Å². The lowest BCUT2D eigenvalue weighted by Crippen LogP contribution is -2.56. The molecule has 0 unspecified atom stereocenters. The van der Waals surface area contributed by atoms with Gasteiger partial charge in [0.05, 0.1) is 6.04 Å². The van der Waals surface area contributed by atoms with Crippen LogP contribution in [0.3, 0.4) is 0 Å². The lowest BCUT2D eigenvalue weighted by atomic mass is 10.0. The number of piperazine rings is 1. The molecule has 0 radical (unpaired) electrons. The number of nitrogens with one attached hydrogen (secondary N) is 1.